The van der Waals surface area contributed by atoms with Gasteiger partial charge in [-0.25, -0.2) is 0 Å². The zero-order valence-electron chi connectivity index (χ0n) is 7.69. The van der Waals surface area contributed by atoms with Crippen molar-refractivity contribution >= 4 is 0 Å². The van der Waals surface area contributed by atoms with E-state index in [4.69, 9.17) is 0 Å². The summed E-state index contributed by atoms with van der Waals surface area (Å²) in [6, 6.07) is 0. The highest BCUT2D eigenvalue weighted by molar-refractivity contribution is 5.16. The second-order valence-corrected chi connectivity index (χ2v) is 3.53. The number of hydrogen-bond acceptors (Lipinski definition) is 0. The van der Waals surface area contributed by atoms with Crippen LogP contribution in [0.1, 0.15) is 39.5 Å². The van der Waals surface area contributed by atoms with Crippen LogP contribution in [0.15, 0.2) is 23.8 Å². The Labute approximate surface area is 70.0 Å². The van der Waals surface area contributed by atoms with Crippen LogP contribution >= 0.6 is 0 Å². The van der Waals surface area contributed by atoms with Crippen molar-refractivity contribution in [1.29, 1.82) is 0 Å². The number of hydrogen-bond donors (Lipinski definition) is 0. The van der Waals surface area contributed by atoms with Crippen LogP contribution in [-0.4, -0.2) is 0 Å². The van der Waals surface area contributed by atoms with Gasteiger partial charge in [-0.05, 0) is 31.6 Å². The average molecular weight is 150 g/mol. The molecular formula is C11H18. The van der Waals surface area contributed by atoms with Crippen LogP contribution in [0.3, 0.4) is 0 Å². The van der Waals surface area contributed by atoms with Crippen LogP contribution in [-0.2, 0) is 0 Å². The topological polar surface area (TPSA) is 0 Å². The van der Waals surface area contributed by atoms with E-state index in [2.05, 4.69) is 26.5 Å². The van der Waals surface area contributed by atoms with Crippen LogP contribution in [0, 0.1) is 5.92 Å². The molecule has 0 heteroatoms. The summed E-state index contributed by atoms with van der Waals surface area (Å²) in [5.74, 6) is 0.724. The Morgan fingerprint density at radius 2 is 2.27 bits per heavy atom. The minimum Gasteiger partial charge on any atom is -0.0996 e. The Morgan fingerprint density at radius 1 is 1.55 bits per heavy atom. The smallest absolute Gasteiger partial charge is 0.0197 e. The Kier molecular flexibility index (Phi) is 2.92. The molecule has 0 nitrogen and oxygen atoms in total. The minimum absolute atomic E-state index is 0.724. The molecule has 0 aromatic heterocycles. The van der Waals surface area contributed by atoms with Gasteiger partial charge in [0.15, 0.2) is 0 Å². The maximum absolute atomic E-state index is 4.06. The van der Waals surface area contributed by atoms with Crippen molar-refractivity contribution in [3.05, 3.63) is 23.8 Å². The van der Waals surface area contributed by atoms with Crippen LogP contribution in [0.5, 0.6) is 0 Å². The molecule has 1 fully saturated rings. The highest BCUT2D eigenvalue weighted by Crippen LogP contribution is 2.31. The lowest BCUT2D eigenvalue weighted by molar-refractivity contribution is 0.574. The zero-order valence-corrected chi connectivity index (χ0v) is 7.69. The number of allylic oxidation sites excluding steroid dienone is 3. The first-order valence-corrected chi connectivity index (χ1v) is 4.59. The van der Waals surface area contributed by atoms with Crippen molar-refractivity contribution in [2.24, 2.45) is 5.92 Å². The van der Waals surface area contributed by atoms with Gasteiger partial charge in [0.2, 0.25) is 0 Å². The lowest BCUT2D eigenvalue weighted by Gasteiger charge is -2.23. The van der Waals surface area contributed by atoms with E-state index in [1.165, 1.54) is 31.3 Å². The van der Waals surface area contributed by atoms with E-state index in [0.29, 0.717) is 0 Å². The van der Waals surface area contributed by atoms with Crippen LogP contribution in [0.2, 0.25) is 0 Å². The van der Waals surface area contributed by atoms with E-state index in [9.17, 15) is 0 Å². The molecular weight excluding hydrogens is 132 g/mol. The second kappa shape index (κ2) is 3.75. The molecule has 0 N–H and O–H groups in total. The molecule has 1 rings (SSSR count). The molecule has 0 bridgehead atoms. The van der Waals surface area contributed by atoms with Gasteiger partial charge in [-0.1, -0.05) is 37.6 Å². The fourth-order valence-electron chi connectivity index (χ4n) is 1.68. The molecule has 1 aliphatic carbocycles. The van der Waals surface area contributed by atoms with E-state index in [-0.39, 0.29) is 0 Å². The Morgan fingerprint density at radius 3 is 2.82 bits per heavy atom. The minimum atomic E-state index is 0.724. The zero-order chi connectivity index (χ0) is 8.27. The van der Waals surface area contributed by atoms with Crippen molar-refractivity contribution in [2.45, 2.75) is 39.5 Å². The fraction of sp³-hybridized carbons (Fsp3) is 0.636. The predicted molar refractivity (Wildman–Crippen MR) is 50.5 cm³/mol. The first-order valence-electron chi connectivity index (χ1n) is 4.59. The third-order valence-corrected chi connectivity index (χ3v) is 2.53. The summed E-state index contributed by atoms with van der Waals surface area (Å²) in [6.07, 6.45) is 7.30. The van der Waals surface area contributed by atoms with Crippen LogP contribution < -0.4 is 0 Å². The van der Waals surface area contributed by atoms with Crippen LogP contribution in [0.25, 0.3) is 0 Å². The van der Waals surface area contributed by atoms with Gasteiger partial charge in [0.05, 0.1) is 0 Å². The summed E-state index contributed by atoms with van der Waals surface area (Å²) < 4.78 is 0. The molecule has 1 aliphatic rings. The molecule has 0 radical (unpaired) electrons. The molecule has 0 unspecified atom stereocenters. The summed E-state index contributed by atoms with van der Waals surface area (Å²) in [6.45, 7) is 8.55. The van der Waals surface area contributed by atoms with Crippen molar-refractivity contribution in [3.63, 3.8) is 0 Å². The maximum atomic E-state index is 4.06. The molecule has 0 amide bonds. The average Bonchev–Trinajstić information content (AvgIpc) is 1.98. The van der Waals surface area contributed by atoms with Crippen LogP contribution in [0.4, 0.5) is 0 Å². The fourth-order valence-corrected chi connectivity index (χ4v) is 1.68. The summed E-state index contributed by atoms with van der Waals surface area (Å²) in [7, 11) is 0. The quantitative estimate of drug-likeness (QED) is 0.500. The van der Waals surface area contributed by atoms with Crippen molar-refractivity contribution in [1.82, 2.24) is 0 Å². The van der Waals surface area contributed by atoms with Gasteiger partial charge in [-0.3, -0.25) is 0 Å². The molecule has 0 heterocycles. The molecule has 11 heavy (non-hydrogen) atoms. The van der Waals surface area contributed by atoms with Gasteiger partial charge in [0, 0.05) is 0 Å². The molecule has 0 aliphatic heterocycles. The highest BCUT2D eigenvalue weighted by atomic mass is 14.2. The normalized spacial score (nSPS) is 29.5. The van der Waals surface area contributed by atoms with Gasteiger partial charge < -0.3 is 0 Å². The molecule has 0 aromatic carbocycles. The monoisotopic (exact) mass is 150 g/mol. The largest absolute Gasteiger partial charge is 0.0996 e. The molecule has 1 saturated carbocycles. The highest BCUT2D eigenvalue weighted by Gasteiger charge is 2.14. The first-order chi connectivity index (χ1) is 5.24. The Hall–Kier alpha value is -0.520. The SMILES string of the molecule is C=C1CC/C(=C/CC)C[C@H]1C. The van der Waals surface area contributed by atoms with E-state index >= 15 is 0 Å². The summed E-state index contributed by atoms with van der Waals surface area (Å²) in [4.78, 5) is 0. The standard InChI is InChI=1S/C11H18/c1-4-5-11-7-6-9(2)10(3)8-11/h5,10H,2,4,6-8H2,1,3H3/b11-5-/t10-/m1/s1. The molecule has 0 aromatic rings. The van der Waals surface area contributed by atoms with E-state index < -0.39 is 0 Å². The lowest BCUT2D eigenvalue weighted by atomic mass is 9.83. The van der Waals surface area contributed by atoms with Gasteiger partial charge >= 0.3 is 0 Å². The second-order valence-electron chi connectivity index (χ2n) is 3.53. The third-order valence-electron chi connectivity index (χ3n) is 2.53. The Balaban J connectivity index is 2.52. The van der Waals surface area contributed by atoms with Gasteiger partial charge in [-0.15, -0.1) is 0 Å². The van der Waals surface area contributed by atoms with E-state index in [0.717, 1.165) is 5.92 Å². The van der Waals surface area contributed by atoms with E-state index in [1.807, 2.05) is 0 Å². The predicted octanol–water partition coefficient (Wildman–Crippen LogP) is 3.70. The third kappa shape index (κ3) is 2.21. The molecule has 62 valence electrons. The van der Waals surface area contributed by atoms with Crippen molar-refractivity contribution < 1.29 is 0 Å². The van der Waals surface area contributed by atoms with Gasteiger partial charge in [0.1, 0.15) is 0 Å². The first kappa shape index (κ1) is 8.58. The lowest BCUT2D eigenvalue weighted by Crippen LogP contribution is -2.07. The summed E-state index contributed by atoms with van der Waals surface area (Å²) in [5, 5.41) is 0. The maximum Gasteiger partial charge on any atom is -0.0197 e. The summed E-state index contributed by atoms with van der Waals surface area (Å²) in [5.41, 5.74) is 3.09. The van der Waals surface area contributed by atoms with Gasteiger partial charge in [0.25, 0.3) is 0 Å². The molecule has 0 spiro atoms. The van der Waals surface area contributed by atoms with Crippen molar-refractivity contribution in [3.8, 4) is 0 Å². The van der Waals surface area contributed by atoms with Gasteiger partial charge in [-0.2, -0.15) is 0 Å². The Bertz CT molecular complexity index is 174. The summed E-state index contributed by atoms with van der Waals surface area (Å²) >= 11 is 0. The van der Waals surface area contributed by atoms with E-state index in [1.54, 1.807) is 5.57 Å². The molecule has 0 saturated heterocycles. The number of rotatable bonds is 1. The molecule has 1 atom stereocenters. The van der Waals surface area contributed by atoms with Crippen molar-refractivity contribution in [2.75, 3.05) is 0 Å².